The average Bonchev–Trinajstić information content (AvgIpc) is 2.29. The summed E-state index contributed by atoms with van der Waals surface area (Å²) in [6.45, 7) is 3.77. The summed E-state index contributed by atoms with van der Waals surface area (Å²) in [7, 11) is 0.0413. The van der Waals surface area contributed by atoms with E-state index in [4.69, 9.17) is 0 Å². The summed E-state index contributed by atoms with van der Waals surface area (Å²) in [6.07, 6.45) is 0.202. The van der Waals surface area contributed by atoms with Crippen LogP contribution in [-0.4, -0.2) is 23.3 Å². The molecule has 2 atom stereocenters. The molecule has 1 N–H and O–H groups in total. The molecule has 1 aromatic carbocycles. The lowest BCUT2D eigenvalue weighted by Gasteiger charge is -2.11. The van der Waals surface area contributed by atoms with Gasteiger partial charge in [-0.25, -0.2) is 8.93 Å². The fraction of sp³-hybridized carbons (Fsp3) is 0.417. The number of carbonyl (C=O) groups excluding carboxylic acids is 1. The van der Waals surface area contributed by atoms with Gasteiger partial charge in [0.25, 0.3) is 0 Å². The molecule has 0 aliphatic carbocycles. The standard InChI is InChI=1S/C12H17NO3S/c1-9-4-6-11(7-5-9)17(15)13-10(2)8-12(14)16-3/h4-7,10,13H,8H2,1-3H3/t10-,17?/m0/s1. The van der Waals surface area contributed by atoms with Crippen LogP contribution >= 0.6 is 0 Å². The summed E-state index contributed by atoms with van der Waals surface area (Å²) in [5.41, 5.74) is 1.12. The van der Waals surface area contributed by atoms with Crippen molar-refractivity contribution in [3.63, 3.8) is 0 Å². The first-order valence-corrected chi connectivity index (χ1v) is 6.49. The number of esters is 1. The van der Waals surface area contributed by atoms with Crippen molar-refractivity contribution in [2.75, 3.05) is 7.11 Å². The lowest BCUT2D eigenvalue weighted by molar-refractivity contribution is -0.140. The van der Waals surface area contributed by atoms with E-state index in [1.807, 2.05) is 31.2 Å². The van der Waals surface area contributed by atoms with E-state index >= 15 is 0 Å². The Kier molecular flexibility index (Phi) is 5.31. The zero-order valence-corrected chi connectivity index (χ0v) is 11.0. The van der Waals surface area contributed by atoms with Crippen molar-refractivity contribution in [3.8, 4) is 0 Å². The van der Waals surface area contributed by atoms with Gasteiger partial charge in [-0.1, -0.05) is 17.7 Å². The first kappa shape index (κ1) is 13.9. The van der Waals surface area contributed by atoms with Crippen molar-refractivity contribution in [3.05, 3.63) is 29.8 Å². The van der Waals surface area contributed by atoms with Gasteiger partial charge in [0.05, 0.1) is 18.4 Å². The maximum atomic E-state index is 11.9. The van der Waals surface area contributed by atoms with Crippen LogP contribution in [0.15, 0.2) is 29.2 Å². The second kappa shape index (κ2) is 6.51. The summed E-state index contributed by atoms with van der Waals surface area (Å²) in [4.78, 5) is 11.7. The Morgan fingerprint density at radius 2 is 2.00 bits per heavy atom. The van der Waals surface area contributed by atoms with Crippen molar-refractivity contribution >= 4 is 17.0 Å². The average molecular weight is 255 g/mol. The van der Waals surface area contributed by atoms with Gasteiger partial charge < -0.3 is 4.74 Å². The Balaban J connectivity index is 2.54. The fourth-order valence-corrected chi connectivity index (χ4v) is 2.26. The van der Waals surface area contributed by atoms with E-state index < -0.39 is 11.0 Å². The SMILES string of the molecule is COC(=O)C[C@H](C)NS(=O)c1ccc(C)cc1. The van der Waals surface area contributed by atoms with Gasteiger partial charge in [-0.2, -0.15) is 0 Å². The number of carbonyl (C=O) groups is 1. The Morgan fingerprint density at radius 1 is 1.41 bits per heavy atom. The van der Waals surface area contributed by atoms with E-state index in [9.17, 15) is 9.00 Å². The summed E-state index contributed by atoms with van der Waals surface area (Å²) < 4.78 is 19.3. The van der Waals surface area contributed by atoms with Gasteiger partial charge in [0.1, 0.15) is 11.0 Å². The Morgan fingerprint density at radius 3 is 2.53 bits per heavy atom. The van der Waals surface area contributed by atoms with Crippen molar-refractivity contribution in [1.82, 2.24) is 4.72 Å². The predicted molar refractivity (Wildman–Crippen MR) is 66.8 cm³/mol. The molecule has 1 aromatic rings. The predicted octanol–water partition coefficient (Wildman–Crippen LogP) is 1.56. The van der Waals surface area contributed by atoms with Crippen LogP contribution in [0.5, 0.6) is 0 Å². The molecular formula is C12H17NO3S. The molecule has 94 valence electrons. The van der Waals surface area contributed by atoms with E-state index in [1.165, 1.54) is 7.11 Å². The molecule has 0 aliphatic rings. The summed E-state index contributed by atoms with van der Waals surface area (Å²) >= 11 is 0. The van der Waals surface area contributed by atoms with Crippen molar-refractivity contribution in [2.45, 2.75) is 31.2 Å². The highest BCUT2D eigenvalue weighted by Crippen LogP contribution is 2.07. The number of methoxy groups -OCH3 is 1. The van der Waals surface area contributed by atoms with Gasteiger partial charge in [-0.05, 0) is 26.0 Å². The first-order chi connectivity index (χ1) is 8.02. The van der Waals surface area contributed by atoms with Gasteiger partial charge >= 0.3 is 5.97 Å². The minimum atomic E-state index is -1.30. The van der Waals surface area contributed by atoms with E-state index in [0.29, 0.717) is 4.90 Å². The molecule has 0 bridgehead atoms. The quantitative estimate of drug-likeness (QED) is 0.812. The highest BCUT2D eigenvalue weighted by atomic mass is 32.2. The monoisotopic (exact) mass is 255 g/mol. The third-order valence-corrected chi connectivity index (χ3v) is 3.56. The maximum Gasteiger partial charge on any atom is 0.307 e. The Labute approximate surface area is 104 Å². The van der Waals surface area contributed by atoms with Crippen LogP contribution in [-0.2, 0) is 20.5 Å². The van der Waals surface area contributed by atoms with Crippen LogP contribution in [0.1, 0.15) is 18.9 Å². The number of hydrogen-bond donors (Lipinski definition) is 1. The maximum absolute atomic E-state index is 11.9. The molecule has 0 saturated carbocycles. The Hall–Kier alpha value is -1.20. The largest absolute Gasteiger partial charge is 0.469 e. The molecule has 0 saturated heterocycles. The second-order valence-electron chi connectivity index (χ2n) is 3.88. The Bertz CT molecular complexity index is 403. The second-order valence-corrected chi connectivity index (χ2v) is 5.13. The minimum absolute atomic E-state index is 0.190. The minimum Gasteiger partial charge on any atom is -0.469 e. The molecular weight excluding hydrogens is 238 g/mol. The van der Waals surface area contributed by atoms with E-state index in [2.05, 4.69) is 9.46 Å². The van der Waals surface area contributed by atoms with Gasteiger partial charge in [0.2, 0.25) is 0 Å². The van der Waals surface area contributed by atoms with E-state index in [0.717, 1.165) is 5.56 Å². The van der Waals surface area contributed by atoms with E-state index in [1.54, 1.807) is 6.92 Å². The van der Waals surface area contributed by atoms with E-state index in [-0.39, 0.29) is 18.4 Å². The molecule has 0 heterocycles. The fourth-order valence-electron chi connectivity index (χ4n) is 1.29. The number of benzene rings is 1. The zero-order chi connectivity index (χ0) is 12.8. The van der Waals surface area contributed by atoms with Crippen LogP contribution in [0.4, 0.5) is 0 Å². The number of rotatable bonds is 5. The number of nitrogens with one attached hydrogen (secondary N) is 1. The molecule has 0 fully saturated rings. The lowest BCUT2D eigenvalue weighted by Crippen LogP contribution is -2.30. The summed E-state index contributed by atoms with van der Waals surface area (Å²) in [6, 6.07) is 7.23. The van der Waals surface area contributed by atoms with Crippen LogP contribution in [0, 0.1) is 6.92 Å². The normalized spacial score (nSPS) is 14.1. The summed E-state index contributed by atoms with van der Waals surface area (Å²) in [5, 5.41) is 0. The summed E-state index contributed by atoms with van der Waals surface area (Å²) in [5.74, 6) is -0.314. The van der Waals surface area contributed by atoms with Crippen LogP contribution in [0.3, 0.4) is 0 Å². The number of hydrogen-bond acceptors (Lipinski definition) is 3. The van der Waals surface area contributed by atoms with Crippen LogP contribution in [0.2, 0.25) is 0 Å². The molecule has 0 aliphatic heterocycles. The third-order valence-electron chi connectivity index (χ3n) is 2.24. The molecule has 4 nitrogen and oxygen atoms in total. The van der Waals surface area contributed by atoms with Gasteiger partial charge in [-0.3, -0.25) is 4.79 Å². The number of aryl methyl sites for hydroxylation is 1. The first-order valence-electron chi connectivity index (χ1n) is 5.34. The molecule has 0 radical (unpaired) electrons. The van der Waals surface area contributed by atoms with Gasteiger partial charge in [0.15, 0.2) is 0 Å². The molecule has 0 spiro atoms. The van der Waals surface area contributed by atoms with Crippen molar-refractivity contribution in [1.29, 1.82) is 0 Å². The highest BCUT2D eigenvalue weighted by Gasteiger charge is 2.12. The highest BCUT2D eigenvalue weighted by molar-refractivity contribution is 7.83. The third kappa shape index (κ3) is 4.66. The molecule has 17 heavy (non-hydrogen) atoms. The van der Waals surface area contributed by atoms with Crippen LogP contribution in [0.25, 0.3) is 0 Å². The van der Waals surface area contributed by atoms with Gasteiger partial charge in [-0.15, -0.1) is 0 Å². The van der Waals surface area contributed by atoms with Crippen molar-refractivity contribution in [2.24, 2.45) is 0 Å². The topological polar surface area (TPSA) is 55.4 Å². The molecule has 5 heteroatoms. The molecule has 1 rings (SSSR count). The van der Waals surface area contributed by atoms with Gasteiger partial charge in [0, 0.05) is 6.04 Å². The van der Waals surface area contributed by atoms with Crippen molar-refractivity contribution < 1.29 is 13.7 Å². The smallest absolute Gasteiger partial charge is 0.307 e. The zero-order valence-electron chi connectivity index (χ0n) is 10.2. The molecule has 0 aromatic heterocycles. The van der Waals surface area contributed by atoms with Crippen LogP contribution < -0.4 is 4.72 Å². The molecule has 1 unspecified atom stereocenters. The molecule has 0 amide bonds. The lowest BCUT2D eigenvalue weighted by atomic mass is 10.2. The number of ether oxygens (including phenoxy) is 1.